The van der Waals surface area contributed by atoms with Crippen LogP contribution in [0.2, 0.25) is 0 Å². The Labute approximate surface area is 151 Å². The number of benzene rings is 2. The molecule has 23 heavy (non-hydrogen) atoms. The van der Waals surface area contributed by atoms with Gasteiger partial charge in [0.1, 0.15) is 0 Å². The third-order valence-corrected chi connectivity index (χ3v) is 4.42. The molecule has 1 amide bonds. The number of carbonyl (C=O) groups excluding carboxylic acids is 1. The summed E-state index contributed by atoms with van der Waals surface area (Å²) in [6.45, 7) is 1.15. The van der Waals surface area contributed by atoms with Crippen molar-refractivity contribution in [1.82, 2.24) is 4.90 Å². The van der Waals surface area contributed by atoms with Crippen molar-refractivity contribution >= 4 is 34.2 Å². The van der Waals surface area contributed by atoms with Gasteiger partial charge in [0, 0.05) is 29.2 Å². The Kier molecular flexibility index (Phi) is 6.22. The fourth-order valence-electron chi connectivity index (χ4n) is 2.53. The maximum Gasteiger partial charge on any atom is 0.254 e. The van der Waals surface area contributed by atoms with Crippen molar-refractivity contribution in [1.29, 1.82) is 0 Å². The van der Waals surface area contributed by atoms with Crippen LogP contribution in [0, 0.1) is 0 Å². The lowest BCUT2D eigenvalue weighted by atomic mass is 10.1. The number of hydrogen-bond acceptors (Lipinski definition) is 2. The van der Waals surface area contributed by atoms with Crippen LogP contribution in [0.4, 0.5) is 0 Å². The van der Waals surface area contributed by atoms with E-state index in [0.717, 1.165) is 34.0 Å². The van der Waals surface area contributed by atoms with E-state index in [1.807, 2.05) is 41.3 Å². The van der Waals surface area contributed by atoms with Gasteiger partial charge in [-0.05, 0) is 48.2 Å². The average molecular weight is 396 g/mol. The van der Waals surface area contributed by atoms with Crippen molar-refractivity contribution in [2.75, 3.05) is 0 Å². The zero-order valence-electron chi connectivity index (χ0n) is 12.7. The first-order valence-corrected chi connectivity index (χ1v) is 8.31. The summed E-state index contributed by atoms with van der Waals surface area (Å²) >= 11 is 3.49. The number of halogens is 2. The van der Waals surface area contributed by atoms with Crippen LogP contribution < -0.4 is 5.73 Å². The van der Waals surface area contributed by atoms with E-state index in [2.05, 4.69) is 28.1 Å². The third-order valence-electron chi connectivity index (χ3n) is 3.93. The first-order valence-electron chi connectivity index (χ1n) is 7.52. The second kappa shape index (κ2) is 7.95. The predicted octanol–water partition coefficient (Wildman–Crippen LogP) is 4.13. The molecular weight excluding hydrogens is 376 g/mol. The minimum Gasteiger partial charge on any atom is -0.331 e. The van der Waals surface area contributed by atoms with Crippen molar-refractivity contribution in [2.24, 2.45) is 5.73 Å². The molecule has 0 radical (unpaired) electrons. The maximum absolute atomic E-state index is 12.8. The molecule has 0 bridgehead atoms. The molecule has 3 rings (SSSR count). The van der Waals surface area contributed by atoms with Crippen LogP contribution >= 0.6 is 28.3 Å². The highest BCUT2D eigenvalue weighted by molar-refractivity contribution is 9.10. The van der Waals surface area contributed by atoms with E-state index >= 15 is 0 Å². The summed E-state index contributed by atoms with van der Waals surface area (Å²) < 4.78 is 1.04. The fraction of sp³-hybridized carbons (Fsp3) is 0.278. The summed E-state index contributed by atoms with van der Waals surface area (Å²) in [4.78, 5) is 14.8. The lowest BCUT2D eigenvalue weighted by Crippen LogP contribution is -2.32. The highest BCUT2D eigenvalue weighted by atomic mass is 79.9. The number of amides is 1. The van der Waals surface area contributed by atoms with E-state index < -0.39 is 0 Å². The Morgan fingerprint density at radius 3 is 2.39 bits per heavy atom. The molecule has 0 spiro atoms. The molecule has 2 N–H and O–H groups in total. The number of rotatable bonds is 5. The number of hydrogen-bond donors (Lipinski definition) is 1. The summed E-state index contributed by atoms with van der Waals surface area (Å²) in [5, 5.41) is 0. The summed E-state index contributed by atoms with van der Waals surface area (Å²) in [5.41, 5.74) is 8.54. The first-order chi connectivity index (χ1) is 10.7. The van der Waals surface area contributed by atoms with Gasteiger partial charge < -0.3 is 10.6 Å². The van der Waals surface area contributed by atoms with Gasteiger partial charge in [-0.1, -0.05) is 40.2 Å². The summed E-state index contributed by atoms with van der Waals surface area (Å²) in [5.74, 6) is 0.103. The van der Waals surface area contributed by atoms with Crippen molar-refractivity contribution in [3.8, 4) is 0 Å². The lowest BCUT2D eigenvalue weighted by Gasteiger charge is -2.23. The van der Waals surface area contributed by atoms with Crippen LogP contribution in [0.1, 0.15) is 34.3 Å². The molecule has 0 aliphatic heterocycles. The zero-order valence-corrected chi connectivity index (χ0v) is 15.1. The molecule has 1 aliphatic carbocycles. The van der Waals surface area contributed by atoms with Crippen LogP contribution in [0.25, 0.3) is 0 Å². The van der Waals surface area contributed by atoms with Gasteiger partial charge in [-0.2, -0.15) is 0 Å². The number of nitrogens with zero attached hydrogens (tertiary/aromatic N) is 1. The topological polar surface area (TPSA) is 46.3 Å². The molecule has 0 aromatic heterocycles. The molecule has 0 atom stereocenters. The van der Waals surface area contributed by atoms with Gasteiger partial charge in [0.2, 0.25) is 0 Å². The molecule has 0 heterocycles. The molecule has 2 aromatic rings. The van der Waals surface area contributed by atoms with E-state index in [4.69, 9.17) is 5.73 Å². The predicted molar refractivity (Wildman–Crippen MR) is 98.6 cm³/mol. The number of nitrogens with two attached hydrogens (primary N) is 1. The summed E-state index contributed by atoms with van der Waals surface area (Å²) in [6, 6.07) is 16.1. The van der Waals surface area contributed by atoms with Crippen LogP contribution in [-0.2, 0) is 13.1 Å². The molecule has 1 aliphatic rings. The van der Waals surface area contributed by atoms with Gasteiger partial charge in [0.05, 0.1) is 0 Å². The number of carbonyl (C=O) groups is 1. The molecule has 0 unspecified atom stereocenters. The standard InChI is InChI=1S/C18H19BrN2O.ClH/c19-16-3-1-2-14(10-16)12-21(17-8-9-17)18(22)15-6-4-13(11-20)5-7-15;/h1-7,10,17H,8-9,11-12,20H2;1H. The van der Waals surface area contributed by atoms with E-state index in [9.17, 15) is 4.79 Å². The van der Waals surface area contributed by atoms with Gasteiger partial charge in [-0.3, -0.25) is 4.79 Å². The minimum atomic E-state index is 0. The van der Waals surface area contributed by atoms with Crippen molar-refractivity contribution < 1.29 is 4.79 Å². The molecule has 3 nitrogen and oxygen atoms in total. The van der Waals surface area contributed by atoms with Gasteiger partial charge in [0.15, 0.2) is 0 Å². The second-order valence-electron chi connectivity index (χ2n) is 5.70. The van der Waals surface area contributed by atoms with Crippen LogP contribution in [0.5, 0.6) is 0 Å². The molecule has 1 saturated carbocycles. The van der Waals surface area contributed by atoms with Crippen molar-refractivity contribution in [3.63, 3.8) is 0 Å². The van der Waals surface area contributed by atoms with Gasteiger partial charge in [-0.25, -0.2) is 0 Å². The van der Waals surface area contributed by atoms with Gasteiger partial charge in [0.25, 0.3) is 5.91 Å². The summed E-state index contributed by atoms with van der Waals surface area (Å²) in [7, 11) is 0. The monoisotopic (exact) mass is 394 g/mol. The average Bonchev–Trinajstić information content (AvgIpc) is 3.37. The zero-order chi connectivity index (χ0) is 15.5. The largest absolute Gasteiger partial charge is 0.331 e. The smallest absolute Gasteiger partial charge is 0.254 e. The molecular formula is C18H20BrClN2O. The van der Waals surface area contributed by atoms with Crippen molar-refractivity contribution in [2.45, 2.75) is 32.0 Å². The Morgan fingerprint density at radius 1 is 1.13 bits per heavy atom. The van der Waals surface area contributed by atoms with Gasteiger partial charge >= 0.3 is 0 Å². The molecule has 0 saturated heterocycles. The van der Waals surface area contributed by atoms with Crippen LogP contribution in [-0.4, -0.2) is 16.8 Å². The Balaban J connectivity index is 0.00000192. The Hall–Kier alpha value is -1.36. The third kappa shape index (κ3) is 4.56. The maximum atomic E-state index is 12.8. The molecule has 2 aromatic carbocycles. The summed E-state index contributed by atoms with van der Waals surface area (Å²) in [6.07, 6.45) is 2.20. The molecule has 5 heteroatoms. The van der Waals surface area contributed by atoms with E-state index in [-0.39, 0.29) is 18.3 Å². The molecule has 122 valence electrons. The van der Waals surface area contributed by atoms with E-state index in [1.54, 1.807) is 0 Å². The fourth-order valence-corrected chi connectivity index (χ4v) is 2.98. The Bertz CT molecular complexity index is 671. The SMILES string of the molecule is Cl.NCc1ccc(C(=O)N(Cc2cccc(Br)c2)C2CC2)cc1. The van der Waals surface area contributed by atoms with Crippen molar-refractivity contribution in [3.05, 3.63) is 69.7 Å². The second-order valence-corrected chi connectivity index (χ2v) is 6.61. The van der Waals surface area contributed by atoms with Crippen LogP contribution in [0.3, 0.4) is 0 Å². The quantitative estimate of drug-likeness (QED) is 0.827. The van der Waals surface area contributed by atoms with E-state index in [0.29, 0.717) is 19.1 Å². The Morgan fingerprint density at radius 2 is 1.83 bits per heavy atom. The van der Waals surface area contributed by atoms with Gasteiger partial charge in [-0.15, -0.1) is 12.4 Å². The van der Waals surface area contributed by atoms with Crippen LogP contribution in [0.15, 0.2) is 53.0 Å². The normalized spacial score (nSPS) is 13.3. The minimum absolute atomic E-state index is 0. The lowest BCUT2D eigenvalue weighted by molar-refractivity contribution is 0.0730. The first kappa shape index (κ1) is 18.0. The van der Waals surface area contributed by atoms with E-state index in [1.165, 1.54) is 0 Å². The molecule has 1 fully saturated rings. The highest BCUT2D eigenvalue weighted by Crippen LogP contribution is 2.30. The highest BCUT2D eigenvalue weighted by Gasteiger charge is 2.33.